The predicted molar refractivity (Wildman–Crippen MR) is 227 cm³/mol. The minimum Gasteiger partial charge on any atom is -0.505 e. The molecular weight excluding hydrogens is 939 g/mol. The number of nitrogens with two attached hydrogens (primary N) is 1. The highest BCUT2D eigenvalue weighted by atomic mass is 32.2. The van der Waals surface area contributed by atoms with Crippen LogP contribution in [0.25, 0.3) is 10.8 Å². The average molecular weight is 972 g/mol. The van der Waals surface area contributed by atoms with Crippen molar-refractivity contribution in [3.63, 3.8) is 0 Å². The summed E-state index contributed by atoms with van der Waals surface area (Å²) in [6.45, 7) is -1.71. The average Bonchev–Trinajstić information content (AvgIpc) is 3.60. The number of phenolic OH excluding ortho intramolecular Hbond substituents is 1. The molecular formula is C37H33N9O17S3. The summed E-state index contributed by atoms with van der Waals surface area (Å²) in [5.74, 6) is -3.25. The minimum atomic E-state index is -5.21. The molecule has 1 unspecified atom stereocenters. The van der Waals surface area contributed by atoms with Gasteiger partial charge in [0.05, 0.1) is 36.6 Å². The van der Waals surface area contributed by atoms with E-state index in [1.165, 1.54) is 37.4 Å². The number of amides is 2. The second-order valence-electron chi connectivity index (χ2n) is 13.2. The maximum Gasteiger partial charge on any atom is 0.296 e. The molecule has 5 aromatic rings. The molecule has 0 spiro atoms. The summed E-state index contributed by atoms with van der Waals surface area (Å²) < 4.78 is 118. The fourth-order valence-electron chi connectivity index (χ4n) is 5.86. The molecule has 1 atom stereocenters. The Kier molecular flexibility index (Phi) is 14.1. The summed E-state index contributed by atoms with van der Waals surface area (Å²) in [5.41, 5.74) is 3.23. The molecule has 0 saturated heterocycles. The normalized spacial score (nSPS) is 14.8. The van der Waals surface area contributed by atoms with E-state index in [1.54, 1.807) is 0 Å². The Labute approximate surface area is 372 Å². The van der Waals surface area contributed by atoms with E-state index < -0.39 is 93.3 Å². The number of anilines is 1. The number of carbonyl (C=O) groups is 2. The molecule has 29 heteroatoms. The van der Waals surface area contributed by atoms with E-state index in [0.29, 0.717) is 5.01 Å². The van der Waals surface area contributed by atoms with Crippen molar-refractivity contribution < 1.29 is 78.0 Å². The van der Waals surface area contributed by atoms with Gasteiger partial charge in [-0.05, 0) is 66.0 Å². The molecule has 1 aliphatic rings. The second-order valence-corrected chi connectivity index (χ2v) is 17.4. The third-order valence-electron chi connectivity index (χ3n) is 8.85. The van der Waals surface area contributed by atoms with Crippen molar-refractivity contribution in [3.05, 3.63) is 78.9 Å². The van der Waals surface area contributed by atoms with Gasteiger partial charge < -0.3 is 35.3 Å². The number of rotatable bonds is 18. The summed E-state index contributed by atoms with van der Waals surface area (Å²) in [6.07, 6.45) is 0. The molecule has 0 saturated carbocycles. The fraction of sp³-hybridized carbons (Fsp3) is 0.162. The molecule has 5 aromatic carbocycles. The number of ether oxygens (including phenoxy) is 3. The summed E-state index contributed by atoms with van der Waals surface area (Å²) in [7, 11) is -13.3. The van der Waals surface area contributed by atoms with Crippen molar-refractivity contribution in [2.24, 2.45) is 41.5 Å². The van der Waals surface area contributed by atoms with Crippen molar-refractivity contribution in [2.45, 2.75) is 20.7 Å². The Morgan fingerprint density at radius 2 is 1.32 bits per heavy atom. The first-order chi connectivity index (χ1) is 31.1. The number of hydrazone groups is 1. The quantitative estimate of drug-likeness (QED) is 0.0477. The van der Waals surface area contributed by atoms with Crippen LogP contribution in [-0.2, 0) is 39.9 Å². The Bertz CT molecular complexity index is 3220. The Balaban J connectivity index is 1.36. The van der Waals surface area contributed by atoms with Crippen LogP contribution in [0.5, 0.6) is 23.0 Å². The molecule has 8 N–H and O–H groups in total. The van der Waals surface area contributed by atoms with Gasteiger partial charge in [0.1, 0.15) is 63.0 Å². The van der Waals surface area contributed by atoms with Crippen molar-refractivity contribution in [2.75, 3.05) is 38.5 Å². The first-order valence-corrected chi connectivity index (χ1v) is 22.6. The molecule has 2 amide bonds. The van der Waals surface area contributed by atoms with E-state index in [2.05, 4.69) is 35.8 Å². The summed E-state index contributed by atoms with van der Waals surface area (Å²) in [5, 5.41) is 58.5. The molecule has 0 aliphatic carbocycles. The first-order valence-electron chi connectivity index (χ1n) is 18.3. The van der Waals surface area contributed by atoms with E-state index in [-0.39, 0.29) is 69.7 Å². The van der Waals surface area contributed by atoms with Gasteiger partial charge in [0.25, 0.3) is 42.2 Å². The van der Waals surface area contributed by atoms with E-state index in [4.69, 9.17) is 19.9 Å². The number of aromatic hydroxyl groups is 1. The molecule has 26 nitrogen and oxygen atoms in total. The van der Waals surface area contributed by atoms with E-state index in [0.717, 1.165) is 48.5 Å². The molecule has 0 bridgehead atoms. The van der Waals surface area contributed by atoms with Crippen molar-refractivity contribution in [3.8, 4) is 23.0 Å². The van der Waals surface area contributed by atoms with Crippen molar-refractivity contribution in [1.82, 2.24) is 0 Å². The number of nitrogens with zero attached hydrogens (tertiary/aromatic N) is 8. The van der Waals surface area contributed by atoms with Crippen LogP contribution in [0.4, 0.5) is 34.1 Å². The summed E-state index contributed by atoms with van der Waals surface area (Å²) in [6, 6.07) is 12.9. The zero-order valence-corrected chi connectivity index (χ0v) is 35.9. The zero-order chi connectivity index (χ0) is 48.1. The van der Waals surface area contributed by atoms with Crippen LogP contribution in [-0.4, -0.2) is 111 Å². The number of hydrogen-bond donors (Lipinski definition) is 7. The summed E-state index contributed by atoms with van der Waals surface area (Å²) in [4.78, 5) is 23.4. The Hall–Kier alpha value is -7.38. The van der Waals surface area contributed by atoms with Gasteiger partial charge in [0.15, 0.2) is 11.5 Å². The number of phenols is 1. The summed E-state index contributed by atoms with van der Waals surface area (Å²) >= 11 is 0. The lowest BCUT2D eigenvalue weighted by Crippen LogP contribution is -2.35. The van der Waals surface area contributed by atoms with Crippen molar-refractivity contribution >= 4 is 92.8 Å². The van der Waals surface area contributed by atoms with Crippen LogP contribution in [0.15, 0.2) is 129 Å². The smallest absolute Gasteiger partial charge is 0.296 e. The number of fused-ring (bicyclic) bond motifs is 1. The topological polar surface area (TPSA) is 401 Å². The van der Waals surface area contributed by atoms with Gasteiger partial charge in [-0.3, -0.25) is 23.2 Å². The van der Waals surface area contributed by atoms with Crippen LogP contribution in [0.1, 0.15) is 0 Å². The Morgan fingerprint density at radius 1 is 0.727 bits per heavy atom. The molecule has 1 aliphatic heterocycles. The third kappa shape index (κ3) is 10.8. The number of azo groups is 3. The van der Waals surface area contributed by atoms with Gasteiger partial charge in [-0.25, -0.2) is 0 Å². The van der Waals surface area contributed by atoms with Gasteiger partial charge in [-0.15, -0.1) is 20.5 Å². The van der Waals surface area contributed by atoms with Crippen LogP contribution < -0.4 is 25.0 Å². The number of aliphatic hydroxyl groups excluding tert-OH is 2. The van der Waals surface area contributed by atoms with Crippen LogP contribution in [0.2, 0.25) is 0 Å². The minimum absolute atomic E-state index is 0.0245. The standard InChI is InChI=1S/C37H33N9O17S3/c1-61-22-5-9-25(30(16-22)65(55,56)57)40-41-26-17-29(63-13-11-48)27(18-28(26)62-12-10-47)42-43-32-31(66(58,59)60)15-19-14-20(2-8-24(19)35(32)49)39-44-34-33(36(38)50)45-46(37(34)51)21-3-6-23(7-4-21)64(52,53)54/h2-9,14-18,34,47-49H,10-13H2,1H3,(H2,38,50)(H,52,53,54)(H,55,56,57)(H,58,59,60)/b41-40+,43-42+,44-39+. The highest BCUT2D eigenvalue weighted by molar-refractivity contribution is 7.86. The lowest BCUT2D eigenvalue weighted by molar-refractivity contribution is -0.118. The highest BCUT2D eigenvalue weighted by Crippen LogP contribution is 2.45. The monoisotopic (exact) mass is 971 g/mol. The van der Waals surface area contributed by atoms with Gasteiger partial charge in [-0.1, -0.05) is 0 Å². The number of carbonyl (C=O) groups excluding carboxylic acids is 2. The van der Waals surface area contributed by atoms with Crippen molar-refractivity contribution in [1.29, 1.82) is 0 Å². The van der Waals surface area contributed by atoms with Crippen LogP contribution in [0, 0.1) is 0 Å². The lowest BCUT2D eigenvalue weighted by atomic mass is 10.1. The molecule has 6 rings (SSSR count). The second kappa shape index (κ2) is 19.4. The highest BCUT2D eigenvalue weighted by Gasteiger charge is 2.40. The Morgan fingerprint density at radius 3 is 1.86 bits per heavy atom. The molecule has 0 radical (unpaired) electrons. The lowest BCUT2D eigenvalue weighted by Gasteiger charge is -2.13. The van der Waals surface area contributed by atoms with Gasteiger partial charge >= 0.3 is 0 Å². The molecule has 0 aromatic heterocycles. The molecule has 66 heavy (non-hydrogen) atoms. The third-order valence-corrected chi connectivity index (χ3v) is 11.5. The maximum absolute atomic E-state index is 13.3. The number of primary amides is 1. The molecule has 346 valence electrons. The number of benzene rings is 5. The number of hydrogen-bond acceptors (Lipinski definition) is 21. The largest absolute Gasteiger partial charge is 0.505 e. The zero-order valence-electron chi connectivity index (χ0n) is 33.5. The van der Waals surface area contributed by atoms with E-state index in [1.807, 2.05) is 0 Å². The number of aliphatic hydroxyl groups is 2. The van der Waals surface area contributed by atoms with Crippen LogP contribution >= 0.6 is 0 Å². The maximum atomic E-state index is 13.3. The van der Waals surface area contributed by atoms with E-state index >= 15 is 0 Å². The fourth-order valence-corrected chi connectivity index (χ4v) is 7.63. The molecule has 0 fully saturated rings. The van der Waals surface area contributed by atoms with Gasteiger partial charge in [-0.2, -0.15) is 45.6 Å². The SMILES string of the molecule is COc1ccc(/N=N/c2cc(OCCO)c(/N=N/c3c(S(=O)(=O)O)cc4cc(/N=N/C5C(=O)N(c6ccc(S(=O)(=O)O)cc6)N=C5C(N)=O)ccc4c3O)cc2OCCO)c(S(=O)(=O)O)c1. The van der Waals surface area contributed by atoms with Gasteiger partial charge in [0.2, 0.25) is 6.04 Å². The first kappa shape index (κ1) is 48.1. The predicted octanol–water partition coefficient (Wildman–Crippen LogP) is 4.21. The number of methoxy groups -OCH3 is 1. The van der Waals surface area contributed by atoms with Crippen LogP contribution in [0.3, 0.4) is 0 Å². The van der Waals surface area contributed by atoms with Gasteiger partial charge in [0, 0.05) is 23.6 Å². The van der Waals surface area contributed by atoms with E-state index in [9.17, 15) is 63.8 Å². The molecule has 1 heterocycles.